The van der Waals surface area contributed by atoms with Crippen LogP contribution in [0.25, 0.3) is 0 Å². The van der Waals surface area contributed by atoms with Crippen LogP contribution in [0, 0.1) is 0 Å². The fourth-order valence-electron chi connectivity index (χ4n) is 4.44. The van der Waals surface area contributed by atoms with Gasteiger partial charge in [0.1, 0.15) is 0 Å². The van der Waals surface area contributed by atoms with Gasteiger partial charge in [-0.05, 0) is 32.4 Å². The summed E-state index contributed by atoms with van der Waals surface area (Å²) >= 11 is 0. The molecule has 0 saturated carbocycles. The lowest BCUT2D eigenvalue weighted by Gasteiger charge is -2.22. The number of ether oxygens (including phenoxy) is 6. The van der Waals surface area contributed by atoms with Gasteiger partial charge in [0.15, 0.2) is 0 Å². The van der Waals surface area contributed by atoms with Crippen LogP contribution in [0.3, 0.4) is 0 Å². The Labute approximate surface area is 229 Å². The normalized spacial score (nSPS) is 14.5. The number of nitrogens with one attached hydrogen (secondary N) is 1. The first-order valence-electron chi connectivity index (χ1n) is 15.6. The minimum atomic E-state index is 0.392. The van der Waals surface area contributed by atoms with Crippen molar-refractivity contribution in [3.8, 4) is 0 Å². The van der Waals surface area contributed by atoms with Gasteiger partial charge in [0.2, 0.25) is 0 Å². The van der Waals surface area contributed by atoms with Crippen molar-refractivity contribution in [2.75, 3.05) is 85.8 Å². The molecule has 0 aromatic rings. The summed E-state index contributed by atoms with van der Waals surface area (Å²) in [7, 11) is 0. The molecule has 0 aromatic carbocycles. The van der Waals surface area contributed by atoms with E-state index >= 15 is 0 Å². The van der Waals surface area contributed by atoms with E-state index in [0.29, 0.717) is 72.2 Å². The molecule has 1 aliphatic heterocycles. The molecule has 0 aromatic heterocycles. The molecular weight excluding hydrogens is 470 g/mol. The molecule has 1 fully saturated rings. The van der Waals surface area contributed by atoms with Gasteiger partial charge in [-0.15, -0.1) is 0 Å². The molecule has 0 radical (unpaired) electrons. The SMILES string of the molecule is CCCCCCCCCCCCCCCOCCOCCOCCOCCOCCOC1CCNCC1. The number of piperidine rings is 1. The molecule has 222 valence electrons. The van der Waals surface area contributed by atoms with Crippen LogP contribution in [0.4, 0.5) is 0 Å². The van der Waals surface area contributed by atoms with E-state index in [1.165, 1.54) is 77.0 Å². The van der Waals surface area contributed by atoms with E-state index in [0.717, 1.165) is 39.0 Å². The largest absolute Gasteiger partial charge is 0.379 e. The minimum absolute atomic E-state index is 0.392. The summed E-state index contributed by atoms with van der Waals surface area (Å²) in [6, 6.07) is 0. The number of unbranched alkanes of at least 4 members (excludes halogenated alkanes) is 12. The average Bonchev–Trinajstić information content (AvgIpc) is 2.93. The van der Waals surface area contributed by atoms with Gasteiger partial charge in [0, 0.05) is 6.61 Å². The zero-order valence-electron chi connectivity index (χ0n) is 24.3. The Morgan fingerprint density at radius 3 is 1.22 bits per heavy atom. The third-order valence-electron chi connectivity index (χ3n) is 6.75. The van der Waals surface area contributed by atoms with Crippen molar-refractivity contribution in [3.05, 3.63) is 0 Å². The monoisotopic (exact) mass is 531 g/mol. The summed E-state index contributed by atoms with van der Waals surface area (Å²) < 4.78 is 33.6. The molecule has 0 unspecified atom stereocenters. The van der Waals surface area contributed by atoms with E-state index in [1.807, 2.05) is 0 Å². The number of hydrogen-bond donors (Lipinski definition) is 1. The summed E-state index contributed by atoms with van der Waals surface area (Å²) in [5.74, 6) is 0. The second-order valence-corrected chi connectivity index (χ2v) is 10.1. The Kier molecular flexibility index (Phi) is 28.4. The van der Waals surface area contributed by atoms with Crippen molar-refractivity contribution in [1.29, 1.82) is 0 Å². The van der Waals surface area contributed by atoms with E-state index in [1.54, 1.807) is 0 Å². The molecule has 0 atom stereocenters. The fraction of sp³-hybridized carbons (Fsp3) is 1.00. The average molecular weight is 532 g/mol. The van der Waals surface area contributed by atoms with Gasteiger partial charge in [-0.1, -0.05) is 84.0 Å². The first-order chi connectivity index (χ1) is 18.4. The molecule has 0 bridgehead atoms. The quantitative estimate of drug-likeness (QED) is 0.115. The van der Waals surface area contributed by atoms with Crippen LogP contribution < -0.4 is 5.32 Å². The van der Waals surface area contributed by atoms with E-state index in [4.69, 9.17) is 28.4 Å². The van der Waals surface area contributed by atoms with E-state index in [2.05, 4.69) is 12.2 Å². The van der Waals surface area contributed by atoms with Crippen LogP contribution in [0.1, 0.15) is 103 Å². The fourth-order valence-corrected chi connectivity index (χ4v) is 4.44. The predicted octanol–water partition coefficient (Wildman–Crippen LogP) is 5.93. The maximum Gasteiger partial charge on any atom is 0.0704 e. The van der Waals surface area contributed by atoms with Gasteiger partial charge in [-0.2, -0.15) is 0 Å². The number of hydrogen-bond acceptors (Lipinski definition) is 7. The van der Waals surface area contributed by atoms with Gasteiger partial charge < -0.3 is 33.7 Å². The molecular formula is C30H61NO6. The van der Waals surface area contributed by atoms with Crippen molar-refractivity contribution >= 4 is 0 Å². The Morgan fingerprint density at radius 1 is 0.432 bits per heavy atom. The molecule has 7 nitrogen and oxygen atoms in total. The molecule has 0 amide bonds. The highest BCUT2D eigenvalue weighted by molar-refractivity contribution is 4.67. The van der Waals surface area contributed by atoms with Gasteiger partial charge in [-0.25, -0.2) is 0 Å². The lowest BCUT2D eigenvalue weighted by Crippen LogP contribution is -2.33. The van der Waals surface area contributed by atoms with E-state index < -0.39 is 0 Å². The summed E-state index contributed by atoms with van der Waals surface area (Å²) in [6.45, 7) is 11.4. The smallest absolute Gasteiger partial charge is 0.0704 e. The van der Waals surface area contributed by atoms with Gasteiger partial charge in [0.25, 0.3) is 0 Å². The van der Waals surface area contributed by atoms with Crippen molar-refractivity contribution in [2.45, 2.75) is 109 Å². The lowest BCUT2D eigenvalue weighted by atomic mass is 10.0. The Balaban J connectivity index is 1.61. The molecule has 0 spiro atoms. The Morgan fingerprint density at radius 2 is 0.784 bits per heavy atom. The molecule has 1 aliphatic rings. The molecule has 1 saturated heterocycles. The van der Waals surface area contributed by atoms with Crippen LogP contribution in [-0.2, 0) is 28.4 Å². The van der Waals surface area contributed by atoms with Gasteiger partial charge >= 0.3 is 0 Å². The molecule has 0 aliphatic carbocycles. The zero-order valence-corrected chi connectivity index (χ0v) is 24.3. The maximum absolute atomic E-state index is 5.80. The number of rotatable bonds is 30. The standard InChI is InChI=1S/C30H61NO6/c1-2-3-4-5-6-7-8-9-10-11-12-13-14-19-32-20-21-33-22-23-34-24-25-35-26-27-36-28-29-37-30-15-17-31-18-16-30/h30-31H,2-29H2,1H3. The molecule has 1 rings (SSSR count). The first-order valence-corrected chi connectivity index (χ1v) is 15.6. The lowest BCUT2D eigenvalue weighted by molar-refractivity contribution is -0.0296. The van der Waals surface area contributed by atoms with Crippen molar-refractivity contribution in [2.24, 2.45) is 0 Å². The Hall–Kier alpha value is -0.280. The van der Waals surface area contributed by atoms with Gasteiger partial charge in [-0.3, -0.25) is 0 Å². The first kappa shape index (κ1) is 34.7. The van der Waals surface area contributed by atoms with Crippen LogP contribution in [0.2, 0.25) is 0 Å². The van der Waals surface area contributed by atoms with E-state index in [9.17, 15) is 0 Å². The van der Waals surface area contributed by atoms with Crippen LogP contribution in [-0.4, -0.2) is 91.9 Å². The zero-order chi connectivity index (χ0) is 26.3. The highest BCUT2D eigenvalue weighted by Crippen LogP contribution is 2.12. The van der Waals surface area contributed by atoms with Crippen molar-refractivity contribution < 1.29 is 28.4 Å². The highest BCUT2D eigenvalue weighted by atomic mass is 16.6. The second kappa shape index (κ2) is 30.3. The van der Waals surface area contributed by atoms with Crippen molar-refractivity contribution in [3.63, 3.8) is 0 Å². The maximum atomic E-state index is 5.80. The summed E-state index contributed by atoms with van der Waals surface area (Å²) in [5, 5.41) is 3.34. The summed E-state index contributed by atoms with van der Waals surface area (Å²) in [4.78, 5) is 0. The van der Waals surface area contributed by atoms with Gasteiger partial charge in [0.05, 0.1) is 72.2 Å². The Bertz CT molecular complexity index is 423. The molecule has 1 heterocycles. The predicted molar refractivity (Wildman–Crippen MR) is 152 cm³/mol. The molecule has 37 heavy (non-hydrogen) atoms. The topological polar surface area (TPSA) is 67.4 Å². The summed E-state index contributed by atoms with van der Waals surface area (Å²) in [5.41, 5.74) is 0. The van der Waals surface area contributed by atoms with Crippen molar-refractivity contribution in [1.82, 2.24) is 5.32 Å². The van der Waals surface area contributed by atoms with E-state index in [-0.39, 0.29) is 0 Å². The molecule has 1 N–H and O–H groups in total. The third kappa shape index (κ3) is 27.1. The van der Waals surface area contributed by atoms with Crippen LogP contribution in [0.15, 0.2) is 0 Å². The highest BCUT2D eigenvalue weighted by Gasteiger charge is 2.12. The third-order valence-corrected chi connectivity index (χ3v) is 6.75. The second-order valence-electron chi connectivity index (χ2n) is 10.1. The van der Waals surface area contributed by atoms with Crippen LogP contribution >= 0.6 is 0 Å². The summed E-state index contributed by atoms with van der Waals surface area (Å²) in [6.07, 6.45) is 20.5. The minimum Gasteiger partial charge on any atom is -0.379 e. The van der Waals surface area contributed by atoms with Crippen LogP contribution in [0.5, 0.6) is 0 Å². The molecule has 7 heteroatoms.